The molecule has 4 heteroatoms. The lowest BCUT2D eigenvalue weighted by Gasteiger charge is -1.95. The van der Waals surface area contributed by atoms with Gasteiger partial charge in [0.1, 0.15) is 5.15 Å². The summed E-state index contributed by atoms with van der Waals surface area (Å²) in [5, 5.41) is 0.598. The maximum Gasteiger partial charge on any atom is 0.193 e. The van der Waals surface area contributed by atoms with E-state index in [1.807, 2.05) is 0 Å². The van der Waals surface area contributed by atoms with Crippen LogP contribution < -0.4 is 0 Å². The summed E-state index contributed by atoms with van der Waals surface area (Å²) in [4.78, 5) is 13.7. The van der Waals surface area contributed by atoms with Crippen molar-refractivity contribution >= 4 is 29.5 Å². The highest BCUT2D eigenvalue weighted by atomic mass is 35.5. The summed E-state index contributed by atoms with van der Waals surface area (Å²) in [6.45, 7) is 0. The van der Waals surface area contributed by atoms with E-state index in [9.17, 15) is 4.79 Å². The van der Waals surface area contributed by atoms with Crippen LogP contribution in [0.15, 0.2) is 12.3 Å². The number of hydrogen-bond donors (Lipinski definition) is 0. The molecule has 12 heavy (non-hydrogen) atoms. The molecule has 0 aliphatic rings. The average Bonchev–Trinajstić information content (AvgIpc) is 2.04. The first kappa shape index (κ1) is 9.05. The van der Waals surface area contributed by atoms with Crippen LogP contribution in [0.4, 0.5) is 0 Å². The Morgan fingerprint density at radius 3 is 2.83 bits per heavy atom. The van der Waals surface area contributed by atoms with E-state index in [0.29, 0.717) is 16.9 Å². The molecule has 0 aliphatic carbocycles. The second kappa shape index (κ2) is 4.10. The van der Waals surface area contributed by atoms with Crippen LogP contribution >= 0.6 is 23.2 Å². The van der Waals surface area contributed by atoms with Gasteiger partial charge in [-0.05, 0) is 12.0 Å². The Morgan fingerprint density at radius 2 is 2.25 bits per heavy atom. The molecule has 1 aromatic rings. The molecule has 0 aliphatic heterocycles. The van der Waals surface area contributed by atoms with Crippen LogP contribution in [-0.4, -0.2) is 11.3 Å². The molecule has 1 rings (SSSR count). The third-order valence-electron chi connectivity index (χ3n) is 1.11. The zero-order valence-corrected chi connectivity index (χ0v) is 7.36. The van der Waals surface area contributed by atoms with Gasteiger partial charge in [-0.1, -0.05) is 29.1 Å². The Morgan fingerprint density at radius 1 is 1.50 bits per heavy atom. The van der Waals surface area contributed by atoms with E-state index in [2.05, 4.69) is 16.8 Å². The SMILES string of the molecule is O=CC#Cc1c(Cl)ccnc1Cl. The van der Waals surface area contributed by atoms with Crippen molar-refractivity contribution in [3.8, 4) is 11.8 Å². The molecule has 0 amide bonds. The van der Waals surface area contributed by atoms with Crippen molar-refractivity contribution in [2.75, 3.05) is 0 Å². The molecule has 0 saturated heterocycles. The van der Waals surface area contributed by atoms with Crippen molar-refractivity contribution in [2.45, 2.75) is 0 Å². The van der Waals surface area contributed by atoms with Crippen molar-refractivity contribution < 1.29 is 4.79 Å². The maximum absolute atomic E-state index is 9.92. The first-order valence-corrected chi connectivity index (χ1v) is 3.76. The van der Waals surface area contributed by atoms with Gasteiger partial charge in [0.2, 0.25) is 0 Å². The first-order chi connectivity index (χ1) is 5.75. The van der Waals surface area contributed by atoms with Crippen LogP contribution in [0, 0.1) is 11.8 Å². The molecule has 0 radical (unpaired) electrons. The van der Waals surface area contributed by atoms with Crippen LogP contribution in [0.5, 0.6) is 0 Å². The van der Waals surface area contributed by atoms with Crippen molar-refractivity contribution in [1.82, 2.24) is 4.98 Å². The monoisotopic (exact) mass is 199 g/mol. The van der Waals surface area contributed by atoms with Gasteiger partial charge in [0.15, 0.2) is 6.29 Å². The van der Waals surface area contributed by atoms with E-state index in [0.717, 1.165) is 0 Å². The molecular weight excluding hydrogens is 197 g/mol. The van der Waals surface area contributed by atoms with E-state index in [1.165, 1.54) is 6.20 Å². The molecule has 0 aromatic carbocycles. The summed E-state index contributed by atoms with van der Waals surface area (Å²) in [6.07, 6.45) is 1.94. The van der Waals surface area contributed by atoms with Gasteiger partial charge >= 0.3 is 0 Å². The molecule has 0 N–H and O–H groups in total. The van der Waals surface area contributed by atoms with Gasteiger partial charge in [-0.25, -0.2) is 4.98 Å². The van der Waals surface area contributed by atoms with Crippen molar-refractivity contribution in [3.63, 3.8) is 0 Å². The minimum Gasteiger partial charge on any atom is -0.289 e. The molecule has 1 aromatic heterocycles. The number of aldehydes is 1. The highest BCUT2D eigenvalue weighted by molar-refractivity contribution is 6.35. The lowest BCUT2D eigenvalue weighted by Crippen LogP contribution is -1.83. The minimum atomic E-state index is 0.205. The Bertz CT molecular complexity index is 345. The van der Waals surface area contributed by atoms with Crippen LogP contribution in [0.2, 0.25) is 10.2 Å². The standard InChI is InChI=1S/C8H3Cl2NO/c9-7-3-4-11-8(10)6(7)2-1-5-12/h3-5H. The molecule has 0 bridgehead atoms. The van der Waals surface area contributed by atoms with Gasteiger partial charge in [0.05, 0.1) is 10.6 Å². The van der Waals surface area contributed by atoms with E-state index in [1.54, 1.807) is 6.07 Å². The van der Waals surface area contributed by atoms with Crippen molar-refractivity contribution in [1.29, 1.82) is 0 Å². The Hall–Kier alpha value is -1.04. The number of carbonyl (C=O) groups excluding carboxylic acids is 1. The largest absolute Gasteiger partial charge is 0.289 e. The van der Waals surface area contributed by atoms with Gasteiger partial charge in [-0.3, -0.25) is 4.79 Å². The number of halogens is 2. The maximum atomic E-state index is 9.92. The second-order valence-corrected chi connectivity index (χ2v) is 2.61. The van der Waals surface area contributed by atoms with Gasteiger partial charge in [0, 0.05) is 6.20 Å². The molecule has 0 unspecified atom stereocenters. The van der Waals surface area contributed by atoms with E-state index >= 15 is 0 Å². The smallest absolute Gasteiger partial charge is 0.193 e. The number of hydrogen-bond acceptors (Lipinski definition) is 2. The van der Waals surface area contributed by atoms with Crippen molar-refractivity contribution in [2.24, 2.45) is 0 Å². The molecule has 0 fully saturated rings. The Balaban J connectivity index is 3.21. The molecule has 0 spiro atoms. The quantitative estimate of drug-likeness (QED) is 0.364. The first-order valence-electron chi connectivity index (χ1n) is 3.01. The van der Waals surface area contributed by atoms with Gasteiger partial charge in [0.25, 0.3) is 0 Å². The number of carbonyl (C=O) groups is 1. The van der Waals surface area contributed by atoms with Crippen LogP contribution in [0.25, 0.3) is 0 Å². The predicted octanol–water partition coefficient (Wildman–Crippen LogP) is 1.94. The van der Waals surface area contributed by atoms with E-state index in [4.69, 9.17) is 23.2 Å². The summed E-state index contributed by atoms with van der Waals surface area (Å²) in [5.74, 6) is 4.69. The molecule has 0 atom stereocenters. The third-order valence-corrected chi connectivity index (χ3v) is 1.71. The Kier molecular flexibility index (Phi) is 3.09. The second-order valence-electron chi connectivity index (χ2n) is 1.85. The molecule has 60 valence electrons. The average molecular weight is 200 g/mol. The highest BCUT2D eigenvalue weighted by Gasteiger charge is 2.01. The Labute approximate surface area is 79.5 Å². The summed E-state index contributed by atoms with van der Waals surface area (Å²) >= 11 is 11.4. The number of aromatic nitrogens is 1. The molecular formula is C8H3Cl2NO. The van der Waals surface area contributed by atoms with E-state index < -0.39 is 0 Å². The van der Waals surface area contributed by atoms with Crippen molar-refractivity contribution in [3.05, 3.63) is 28.0 Å². The fraction of sp³-hybridized carbons (Fsp3) is 0. The molecule has 2 nitrogen and oxygen atoms in total. The predicted molar refractivity (Wildman–Crippen MR) is 47.2 cm³/mol. The van der Waals surface area contributed by atoms with Gasteiger partial charge < -0.3 is 0 Å². The number of pyridine rings is 1. The topological polar surface area (TPSA) is 30.0 Å². The lowest BCUT2D eigenvalue weighted by atomic mass is 10.3. The summed E-state index contributed by atoms with van der Waals surface area (Å²) < 4.78 is 0. The van der Waals surface area contributed by atoms with Gasteiger partial charge in [-0.15, -0.1) is 0 Å². The van der Waals surface area contributed by atoms with Crippen LogP contribution in [0.1, 0.15) is 5.56 Å². The minimum absolute atomic E-state index is 0.205. The summed E-state index contributed by atoms with van der Waals surface area (Å²) in [6, 6.07) is 1.56. The zero-order chi connectivity index (χ0) is 8.97. The number of rotatable bonds is 0. The van der Waals surface area contributed by atoms with E-state index in [-0.39, 0.29) is 5.15 Å². The lowest BCUT2D eigenvalue weighted by molar-refractivity contribution is -0.103. The number of nitrogens with zero attached hydrogens (tertiary/aromatic N) is 1. The zero-order valence-electron chi connectivity index (χ0n) is 5.84. The third kappa shape index (κ3) is 1.97. The molecule has 1 heterocycles. The fourth-order valence-electron chi connectivity index (χ4n) is 0.627. The highest BCUT2D eigenvalue weighted by Crippen LogP contribution is 2.20. The molecule has 0 saturated carbocycles. The summed E-state index contributed by atoms with van der Waals surface area (Å²) in [7, 11) is 0. The van der Waals surface area contributed by atoms with Crippen LogP contribution in [-0.2, 0) is 4.79 Å². The normalized spacial score (nSPS) is 8.50. The van der Waals surface area contributed by atoms with Gasteiger partial charge in [-0.2, -0.15) is 0 Å². The van der Waals surface area contributed by atoms with Crippen LogP contribution in [0.3, 0.4) is 0 Å². The summed E-state index contributed by atoms with van der Waals surface area (Å²) in [5.41, 5.74) is 0.382. The fourth-order valence-corrected chi connectivity index (χ4v) is 1.07.